The van der Waals surface area contributed by atoms with Gasteiger partial charge in [0.25, 0.3) is 0 Å². The van der Waals surface area contributed by atoms with Gasteiger partial charge in [-0.1, -0.05) is 6.07 Å². The third kappa shape index (κ3) is 3.21. The van der Waals surface area contributed by atoms with Crippen molar-refractivity contribution in [2.45, 2.75) is 25.4 Å². The third-order valence-electron chi connectivity index (χ3n) is 3.38. The van der Waals surface area contributed by atoms with Gasteiger partial charge in [-0.2, -0.15) is 0 Å². The second-order valence-electron chi connectivity index (χ2n) is 4.98. The molecular formula is C13H18N2O4. The van der Waals surface area contributed by atoms with Gasteiger partial charge in [0.05, 0.1) is 18.6 Å². The Bertz CT molecular complexity index is 470. The largest absolute Gasteiger partial charge is 0.490 e. The lowest BCUT2D eigenvalue weighted by molar-refractivity contribution is -0.385. The van der Waals surface area contributed by atoms with Crippen molar-refractivity contribution in [3.8, 4) is 5.75 Å². The number of nitrogens with zero attached hydrogens (tertiary/aromatic N) is 1. The average Bonchev–Trinajstić information content (AvgIpc) is 2.83. The maximum atomic E-state index is 10.9. The lowest BCUT2D eigenvalue weighted by Gasteiger charge is -2.23. The van der Waals surface area contributed by atoms with E-state index in [4.69, 9.17) is 9.47 Å². The van der Waals surface area contributed by atoms with Crippen LogP contribution in [0.25, 0.3) is 0 Å². The van der Waals surface area contributed by atoms with Crippen LogP contribution in [-0.2, 0) is 11.3 Å². The molecule has 0 aromatic heterocycles. The van der Waals surface area contributed by atoms with Gasteiger partial charge in [-0.3, -0.25) is 10.1 Å². The van der Waals surface area contributed by atoms with Gasteiger partial charge in [0, 0.05) is 24.8 Å². The number of benzene rings is 1. The van der Waals surface area contributed by atoms with Crippen LogP contribution in [0, 0.1) is 10.1 Å². The first kappa shape index (κ1) is 13.8. The van der Waals surface area contributed by atoms with E-state index in [1.807, 2.05) is 6.07 Å². The molecule has 1 heterocycles. The Morgan fingerprint density at radius 1 is 1.58 bits per heavy atom. The van der Waals surface area contributed by atoms with Gasteiger partial charge >= 0.3 is 5.69 Å². The van der Waals surface area contributed by atoms with Crippen LogP contribution >= 0.6 is 0 Å². The molecule has 0 amide bonds. The monoisotopic (exact) mass is 266 g/mol. The molecule has 19 heavy (non-hydrogen) atoms. The summed E-state index contributed by atoms with van der Waals surface area (Å²) < 4.78 is 10.3. The number of rotatable bonds is 5. The van der Waals surface area contributed by atoms with E-state index in [0.717, 1.165) is 18.6 Å². The number of nitro groups is 1. The summed E-state index contributed by atoms with van der Waals surface area (Å²) >= 11 is 0. The predicted octanol–water partition coefficient (Wildman–Crippen LogP) is 1.87. The Hall–Kier alpha value is -1.66. The molecule has 1 saturated heterocycles. The van der Waals surface area contributed by atoms with E-state index in [1.165, 1.54) is 7.11 Å². The molecule has 0 bridgehead atoms. The Balaban J connectivity index is 2.08. The third-order valence-corrected chi connectivity index (χ3v) is 3.38. The van der Waals surface area contributed by atoms with Gasteiger partial charge in [0.1, 0.15) is 0 Å². The van der Waals surface area contributed by atoms with E-state index in [0.29, 0.717) is 13.2 Å². The molecule has 1 N–H and O–H groups in total. The standard InChI is InChI=1S/C13H18N2O4/c1-13(5-6-19-9-13)14-8-10-3-4-12(18-2)11(7-10)15(16)17/h3-4,7,14H,5-6,8-9H2,1-2H3. The van der Waals surface area contributed by atoms with E-state index in [1.54, 1.807) is 12.1 Å². The second-order valence-corrected chi connectivity index (χ2v) is 4.98. The van der Waals surface area contributed by atoms with Crippen molar-refractivity contribution in [3.63, 3.8) is 0 Å². The quantitative estimate of drug-likeness (QED) is 0.650. The second kappa shape index (κ2) is 5.54. The molecule has 0 aliphatic carbocycles. The van der Waals surface area contributed by atoms with Gasteiger partial charge in [-0.15, -0.1) is 0 Å². The number of methoxy groups -OCH3 is 1. The molecule has 6 heteroatoms. The van der Waals surface area contributed by atoms with E-state index in [2.05, 4.69) is 12.2 Å². The highest BCUT2D eigenvalue weighted by Crippen LogP contribution is 2.28. The van der Waals surface area contributed by atoms with Crippen LogP contribution < -0.4 is 10.1 Å². The number of ether oxygens (including phenoxy) is 2. The highest BCUT2D eigenvalue weighted by atomic mass is 16.6. The number of hydrogen-bond acceptors (Lipinski definition) is 5. The zero-order valence-electron chi connectivity index (χ0n) is 11.1. The van der Waals surface area contributed by atoms with Crippen molar-refractivity contribution in [3.05, 3.63) is 33.9 Å². The Kier molecular flexibility index (Phi) is 4.01. The molecule has 1 aliphatic heterocycles. The minimum absolute atomic E-state index is 0.00498. The minimum atomic E-state index is -0.428. The van der Waals surface area contributed by atoms with Crippen LogP contribution in [0.4, 0.5) is 5.69 Å². The first-order valence-corrected chi connectivity index (χ1v) is 6.18. The number of hydrogen-bond donors (Lipinski definition) is 1. The van der Waals surface area contributed by atoms with Gasteiger partial charge < -0.3 is 14.8 Å². The van der Waals surface area contributed by atoms with Crippen molar-refractivity contribution in [2.24, 2.45) is 0 Å². The molecule has 1 atom stereocenters. The fraction of sp³-hybridized carbons (Fsp3) is 0.538. The Morgan fingerprint density at radius 2 is 2.37 bits per heavy atom. The number of nitrogens with one attached hydrogen (secondary N) is 1. The summed E-state index contributed by atoms with van der Waals surface area (Å²) in [5, 5.41) is 14.3. The van der Waals surface area contributed by atoms with Crippen LogP contribution in [0.5, 0.6) is 5.75 Å². The fourth-order valence-corrected chi connectivity index (χ4v) is 2.11. The van der Waals surface area contributed by atoms with Crippen molar-refractivity contribution < 1.29 is 14.4 Å². The zero-order valence-corrected chi connectivity index (χ0v) is 11.1. The highest BCUT2D eigenvalue weighted by molar-refractivity contribution is 5.48. The normalized spacial score (nSPS) is 22.4. The summed E-state index contributed by atoms with van der Waals surface area (Å²) in [6.07, 6.45) is 0.950. The van der Waals surface area contributed by atoms with E-state index in [-0.39, 0.29) is 17.0 Å². The summed E-state index contributed by atoms with van der Waals surface area (Å²) in [6, 6.07) is 5.01. The first-order valence-electron chi connectivity index (χ1n) is 6.18. The topological polar surface area (TPSA) is 73.6 Å². The molecule has 1 aromatic rings. The van der Waals surface area contributed by atoms with Crippen molar-refractivity contribution in [2.75, 3.05) is 20.3 Å². The fourth-order valence-electron chi connectivity index (χ4n) is 2.11. The minimum Gasteiger partial charge on any atom is -0.490 e. The molecule has 0 saturated carbocycles. The molecule has 104 valence electrons. The Morgan fingerprint density at radius 3 is 2.95 bits per heavy atom. The number of nitro benzene ring substituents is 1. The highest BCUT2D eigenvalue weighted by Gasteiger charge is 2.29. The van der Waals surface area contributed by atoms with E-state index in [9.17, 15) is 10.1 Å². The lowest BCUT2D eigenvalue weighted by Crippen LogP contribution is -2.42. The van der Waals surface area contributed by atoms with Gasteiger partial charge in [-0.05, 0) is 25.0 Å². The molecule has 2 rings (SSSR count). The van der Waals surface area contributed by atoms with E-state index < -0.39 is 4.92 Å². The molecular weight excluding hydrogens is 248 g/mol. The van der Waals surface area contributed by atoms with Gasteiger partial charge in [0.2, 0.25) is 0 Å². The first-order chi connectivity index (χ1) is 9.04. The van der Waals surface area contributed by atoms with Gasteiger partial charge in [0.15, 0.2) is 5.75 Å². The van der Waals surface area contributed by atoms with E-state index >= 15 is 0 Å². The smallest absolute Gasteiger partial charge is 0.311 e. The molecule has 1 fully saturated rings. The summed E-state index contributed by atoms with van der Waals surface area (Å²) in [6.45, 7) is 4.10. The average molecular weight is 266 g/mol. The predicted molar refractivity (Wildman–Crippen MR) is 70.3 cm³/mol. The van der Waals surface area contributed by atoms with Crippen LogP contribution in [0.1, 0.15) is 18.9 Å². The maximum absolute atomic E-state index is 10.9. The SMILES string of the molecule is COc1ccc(CNC2(C)CCOC2)cc1[N+](=O)[O-]. The molecule has 1 unspecified atom stereocenters. The maximum Gasteiger partial charge on any atom is 0.311 e. The van der Waals surface area contributed by atoms with Gasteiger partial charge in [-0.25, -0.2) is 0 Å². The summed E-state index contributed by atoms with van der Waals surface area (Å²) in [7, 11) is 1.43. The van der Waals surface area contributed by atoms with Crippen LogP contribution in [0.3, 0.4) is 0 Å². The van der Waals surface area contributed by atoms with Crippen LogP contribution in [-0.4, -0.2) is 30.8 Å². The van der Waals surface area contributed by atoms with Crippen LogP contribution in [0.15, 0.2) is 18.2 Å². The summed E-state index contributed by atoms with van der Waals surface area (Å²) in [5.41, 5.74) is 0.810. The lowest BCUT2D eigenvalue weighted by atomic mass is 10.0. The van der Waals surface area contributed by atoms with Crippen molar-refractivity contribution in [1.82, 2.24) is 5.32 Å². The van der Waals surface area contributed by atoms with Crippen molar-refractivity contribution in [1.29, 1.82) is 0 Å². The molecule has 1 aliphatic rings. The Labute approximate surface area is 111 Å². The van der Waals surface area contributed by atoms with Crippen molar-refractivity contribution >= 4 is 5.69 Å². The molecule has 6 nitrogen and oxygen atoms in total. The molecule has 0 radical (unpaired) electrons. The van der Waals surface area contributed by atoms with Crippen LogP contribution in [0.2, 0.25) is 0 Å². The molecule has 0 spiro atoms. The molecule has 1 aromatic carbocycles. The summed E-state index contributed by atoms with van der Waals surface area (Å²) in [4.78, 5) is 10.5. The zero-order chi connectivity index (χ0) is 13.9. The summed E-state index contributed by atoms with van der Waals surface area (Å²) in [5.74, 6) is 0.282.